The number of carbonyl (C=O) groups is 1. The number of carbonyl (C=O) groups excluding carboxylic acids is 1. The van der Waals surface area contributed by atoms with Gasteiger partial charge < -0.3 is 9.88 Å². The molecule has 1 N–H and O–H groups in total. The lowest BCUT2D eigenvalue weighted by atomic mass is 9.80. The number of imidazole rings is 1. The zero-order chi connectivity index (χ0) is 28.4. The van der Waals surface area contributed by atoms with Gasteiger partial charge in [0.2, 0.25) is 0 Å². The van der Waals surface area contributed by atoms with E-state index in [2.05, 4.69) is 23.7 Å². The molecule has 1 heterocycles. The lowest BCUT2D eigenvalue weighted by Crippen LogP contribution is -2.28. The summed E-state index contributed by atoms with van der Waals surface area (Å²) in [5, 5.41) is 2.87. The molecule has 212 valence electrons. The minimum Gasteiger partial charge on any atom is -0.348 e. The van der Waals surface area contributed by atoms with Crippen molar-refractivity contribution in [2.24, 2.45) is 17.8 Å². The Hall–Kier alpha value is -2.88. The summed E-state index contributed by atoms with van der Waals surface area (Å²) in [6.45, 7) is 6.79. The second-order valence-electron chi connectivity index (χ2n) is 10.9. The van der Waals surface area contributed by atoms with Crippen LogP contribution in [0, 0.1) is 17.8 Å². The molecule has 0 aliphatic heterocycles. The van der Waals surface area contributed by atoms with Crippen molar-refractivity contribution < 1.29 is 26.4 Å². The summed E-state index contributed by atoms with van der Waals surface area (Å²) in [5.74, 6) is -0.0797. The molecule has 0 unspecified atom stereocenters. The number of halogens is 3. The van der Waals surface area contributed by atoms with Crippen molar-refractivity contribution in [3.63, 3.8) is 0 Å². The van der Waals surface area contributed by atoms with Gasteiger partial charge in [0.15, 0.2) is 9.84 Å². The maximum atomic E-state index is 13.1. The van der Waals surface area contributed by atoms with Gasteiger partial charge in [-0.3, -0.25) is 4.79 Å². The predicted octanol–water partition coefficient (Wildman–Crippen LogP) is 6.33. The van der Waals surface area contributed by atoms with E-state index in [0.717, 1.165) is 23.4 Å². The zero-order valence-corrected chi connectivity index (χ0v) is 23.4. The zero-order valence-electron chi connectivity index (χ0n) is 22.6. The molecule has 10 heteroatoms. The Morgan fingerprint density at radius 3 is 2.33 bits per heavy atom. The van der Waals surface area contributed by atoms with Gasteiger partial charge in [-0.05, 0) is 73.4 Å². The monoisotopic (exact) mass is 563 g/mol. The van der Waals surface area contributed by atoms with Crippen LogP contribution in [0.3, 0.4) is 0 Å². The van der Waals surface area contributed by atoms with Crippen molar-refractivity contribution in [1.29, 1.82) is 0 Å². The smallest absolute Gasteiger partial charge is 0.348 e. The van der Waals surface area contributed by atoms with Crippen LogP contribution in [0.1, 0.15) is 68.2 Å². The topological polar surface area (TPSA) is 81.1 Å². The molecule has 39 heavy (non-hydrogen) atoms. The molecule has 0 radical (unpaired) electrons. The number of sulfone groups is 1. The van der Waals surface area contributed by atoms with E-state index in [1.54, 1.807) is 43.3 Å². The fourth-order valence-electron chi connectivity index (χ4n) is 5.26. The summed E-state index contributed by atoms with van der Waals surface area (Å²) >= 11 is 0. The summed E-state index contributed by atoms with van der Waals surface area (Å²) in [6, 6.07) is 11.9. The fourth-order valence-corrected chi connectivity index (χ4v) is 6.15. The Balaban J connectivity index is 1.47. The molecular formula is C29H36F3N3O3S. The normalized spacial score (nSPS) is 18.5. The number of benzene rings is 2. The molecule has 2 aromatic carbocycles. The van der Waals surface area contributed by atoms with Crippen LogP contribution < -0.4 is 5.32 Å². The Bertz CT molecular complexity index is 1410. The molecule has 1 amide bonds. The molecule has 4 rings (SSSR count). The number of nitrogens with zero attached hydrogens (tertiary/aromatic N) is 2. The van der Waals surface area contributed by atoms with E-state index in [4.69, 9.17) is 4.98 Å². The lowest BCUT2D eigenvalue weighted by molar-refractivity contribution is -0.183. The van der Waals surface area contributed by atoms with Crippen molar-refractivity contribution in [3.05, 3.63) is 59.4 Å². The van der Waals surface area contributed by atoms with E-state index in [1.165, 1.54) is 0 Å². The first-order chi connectivity index (χ1) is 18.4. The molecule has 1 aliphatic carbocycles. The molecular weight excluding hydrogens is 527 g/mol. The van der Waals surface area contributed by atoms with E-state index in [1.807, 2.05) is 6.07 Å². The van der Waals surface area contributed by atoms with Crippen LogP contribution in [0.2, 0.25) is 0 Å². The summed E-state index contributed by atoms with van der Waals surface area (Å²) in [4.78, 5) is 18.0. The van der Waals surface area contributed by atoms with E-state index in [9.17, 15) is 26.4 Å². The van der Waals surface area contributed by atoms with Gasteiger partial charge in [-0.2, -0.15) is 13.2 Å². The molecule has 0 bridgehead atoms. The van der Waals surface area contributed by atoms with Crippen LogP contribution in [0.15, 0.2) is 47.4 Å². The predicted molar refractivity (Wildman–Crippen MR) is 145 cm³/mol. The van der Waals surface area contributed by atoms with Crippen molar-refractivity contribution in [2.45, 2.75) is 77.0 Å². The Labute approximate surface area is 227 Å². The van der Waals surface area contributed by atoms with Gasteiger partial charge in [0.1, 0.15) is 5.82 Å². The Kier molecular flexibility index (Phi) is 8.73. The molecule has 3 aromatic rings. The first-order valence-electron chi connectivity index (χ1n) is 13.5. The van der Waals surface area contributed by atoms with Gasteiger partial charge in [0.25, 0.3) is 5.91 Å². The molecule has 0 spiro atoms. The van der Waals surface area contributed by atoms with Gasteiger partial charge in [0, 0.05) is 25.1 Å². The van der Waals surface area contributed by atoms with Crippen molar-refractivity contribution >= 4 is 26.8 Å². The lowest BCUT2D eigenvalue weighted by Gasteiger charge is -2.29. The first kappa shape index (κ1) is 29.1. The van der Waals surface area contributed by atoms with Crippen molar-refractivity contribution in [1.82, 2.24) is 14.9 Å². The van der Waals surface area contributed by atoms with Gasteiger partial charge >= 0.3 is 6.18 Å². The van der Waals surface area contributed by atoms with E-state index >= 15 is 0 Å². The van der Waals surface area contributed by atoms with Crippen LogP contribution in [-0.4, -0.2) is 35.8 Å². The fraction of sp³-hybridized carbons (Fsp3) is 0.517. The number of hydrogen-bond acceptors (Lipinski definition) is 4. The highest BCUT2D eigenvalue weighted by atomic mass is 32.2. The standard InChI is InChI=1S/C29H36F3N3O3S/c1-4-39(37,38)24-12-7-21(8-13-24)17-33-28(36)22-9-14-26-25(16-22)34-27(35(26)18-19(2)3)15-20-5-10-23(11-6-20)29(30,31)32/h7-9,12-14,16,19-20,23H,4-6,10-11,15,17-18H2,1-3H3,(H,33,36)/t20-,23+. The summed E-state index contributed by atoms with van der Waals surface area (Å²) in [6.07, 6.45) is -2.09. The van der Waals surface area contributed by atoms with Gasteiger partial charge in [-0.25, -0.2) is 13.4 Å². The van der Waals surface area contributed by atoms with E-state index < -0.39 is 21.9 Å². The third-order valence-corrected chi connectivity index (χ3v) is 9.28. The van der Waals surface area contributed by atoms with E-state index in [0.29, 0.717) is 36.3 Å². The van der Waals surface area contributed by atoms with Crippen LogP contribution in [0.25, 0.3) is 11.0 Å². The maximum absolute atomic E-state index is 13.1. The number of hydrogen-bond donors (Lipinski definition) is 1. The molecule has 1 aliphatic rings. The summed E-state index contributed by atoms with van der Waals surface area (Å²) in [7, 11) is -3.28. The largest absolute Gasteiger partial charge is 0.391 e. The van der Waals surface area contributed by atoms with Crippen molar-refractivity contribution in [2.75, 3.05) is 5.75 Å². The Morgan fingerprint density at radius 1 is 1.08 bits per heavy atom. The summed E-state index contributed by atoms with van der Waals surface area (Å²) in [5.41, 5.74) is 2.84. The second kappa shape index (κ2) is 11.7. The average Bonchev–Trinajstić information content (AvgIpc) is 3.22. The quantitative estimate of drug-likeness (QED) is 0.330. The van der Waals surface area contributed by atoms with Gasteiger partial charge in [-0.1, -0.05) is 32.9 Å². The SMILES string of the molecule is CCS(=O)(=O)c1ccc(CNC(=O)c2ccc3c(c2)nc(C[C@H]2CC[C@@H](C(F)(F)F)CC2)n3CC(C)C)cc1. The maximum Gasteiger partial charge on any atom is 0.391 e. The van der Waals surface area contributed by atoms with Crippen LogP contribution in [0.4, 0.5) is 13.2 Å². The molecule has 1 aromatic heterocycles. The Morgan fingerprint density at radius 2 is 1.74 bits per heavy atom. The third-order valence-electron chi connectivity index (χ3n) is 7.53. The first-order valence-corrected chi connectivity index (χ1v) is 15.2. The number of nitrogens with one attached hydrogen (secondary N) is 1. The molecule has 1 saturated carbocycles. The highest BCUT2D eigenvalue weighted by molar-refractivity contribution is 7.91. The van der Waals surface area contributed by atoms with Crippen LogP contribution in [-0.2, 0) is 29.3 Å². The van der Waals surface area contributed by atoms with E-state index in [-0.39, 0.29) is 41.9 Å². The highest BCUT2D eigenvalue weighted by Crippen LogP contribution is 2.40. The highest BCUT2D eigenvalue weighted by Gasteiger charge is 2.41. The minimum absolute atomic E-state index is 0.0272. The number of rotatable bonds is 9. The van der Waals surface area contributed by atoms with Crippen LogP contribution in [0.5, 0.6) is 0 Å². The number of fused-ring (bicyclic) bond motifs is 1. The number of alkyl halides is 3. The summed E-state index contributed by atoms with van der Waals surface area (Å²) < 4.78 is 65.4. The molecule has 0 atom stereocenters. The third kappa shape index (κ3) is 7.01. The number of aromatic nitrogens is 2. The van der Waals surface area contributed by atoms with Gasteiger partial charge in [0.05, 0.1) is 27.6 Å². The van der Waals surface area contributed by atoms with Gasteiger partial charge in [-0.15, -0.1) is 0 Å². The second-order valence-corrected chi connectivity index (χ2v) is 13.2. The molecule has 0 saturated heterocycles. The van der Waals surface area contributed by atoms with Crippen LogP contribution >= 0.6 is 0 Å². The average molecular weight is 564 g/mol. The van der Waals surface area contributed by atoms with Crippen molar-refractivity contribution in [3.8, 4) is 0 Å². The molecule has 6 nitrogen and oxygen atoms in total. The molecule has 1 fully saturated rings. The minimum atomic E-state index is -4.12. The number of amides is 1.